The Bertz CT molecular complexity index is 758. The van der Waals surface area contributed by atoms with E-state index in [4.69, 9.17) is 4.74 Å². The zero-order valence-electron chi connectivity index (χ0n) is 13.6. The van der Waals surface area contributed by atoms with Crippen LogP contribution in [0.4, 0.5) is 0 Å². The summed E-state index contributed by atoms with van der Waals surface area (Å²) in [7, 11) is 0. The minimum Gasteiger partial charge on any atom is -0.461 e. The van der Waals surface area contributed by atoms with Gasteiger partial charge in [-0.3, -0.25) is 4.79 Å². The largest absolute Gasteiger partial charge is 0.461 e. The second-order valence-corrected chi connectivity index (χ2v) is 5.98. The molecule has 0 saturated heterocycles. The number of rotatable bonds is 4. The number of Topliss-reactive ketones (excluding diaryl/α,β-unsaturated/α-hetero) is 1. The molecule has 1 aliphatic rings. The maximum Gasteiger partial charge on any atom is 0.354 e. The molecule has 0 amide bonds. The van der Waals surface area contributed by atoms with Crippen molar-refractivity contribution in [3.63, 3.8) is 0 Å². The summed E-state index contributed by atoms with van der Waals surface area (Å²) in [4.78, 5) is 24.7. The lowest BCUT2D eigenvalue weighted by Crippen LogP contribution is -2.19. The number of fused-ring (bicyclic) bond motifs is 1. The van der Waals surface area contributed by atoms with Gasteiger partial charge < -0.3 is 9.30 Å². The first-order valence-electron chi connectivity index (χ1n) is 8.08. The summed E-state index contributed by atoms with van der Waals surface area (Å²) in [6.07, 6.45) is 2.24. The molecule has 1 aromatic heterocycles. The van der Waals surface area contributed by atoms with Crippen molar-refractivity contribution in [2.45, 2.75) is 39.7 Å². The van der Waals surface area contributed by atoms with E-state index in [1.54, 1.807) is 6.92 Å². The summed E-state index contributed by atoms with van der Waals surface area (Å²) in [5.41, 5.74) is 4.37. The first-order chi connectivity index (χ1) is 11.1. The quantitative estimate of drug-likeness (QED) is 0.811. The molecule has 0 aliphatic heterocycles. The lowest BCUT2D eigenvalue weighted by atomic mass is 9.97. The number of aromatic nitrogens is 1. The fraction of sp³-hybridized carbons (Fsp3) is 0.368. The molecule has 0 N–H and O–H groups in total. The Labute approximate surface area is 136 Å². The Balaban J connectivity index is 2.06. The van der Waals surface area contributed by atoms with Crippen LogP contribution < -0.4 is 0 Å². The second-order valence-electron chi connectivity index (χ2n) is 5.98. The van der Waals surface area contributed by atoms with Gasteiger partial charge >= 0.3 is 5.97 Å². The standard InChI is InChI=1S/C19H21NO3/c1-3-23-19(22)16-11-15-8-5-9-17(21)18(15)20(16)12-14-7-4-6-13(2)10-14/h4,6-7,10-11H,3,5,8-9,12H2,1-2H3. The van der Waals surface area contributed by atoms with E-state index in [-0.39, 0.29) is 11.8 Å². The molecule has 0 spiro atoms. The zero-order valence-corrected chi connectivity index (χ0v) is 13.6. The van der Waals surface area contributed by atoms with Gasteiger partial charge in [-0.2, -0.15) is 0 Å². The monoisotopic (exact) mass is 311 g/mol. The highest BCUT2D eigenvalue weighted by molar-refractivity contribution is 6.00. The van der Waals surface area contributed by atoms with Crippen LogP contribution >= 0.6 is 0 Å². The first kappa shape index (κ1) is 15.5. The fourth-order valence-electron chi connectivity index (χ4n) is 3.21. The van der Waals surface area contributed by atoms with E-state index >= 15 is 0 Å². The maximum atomic E-state index is 12.4. The minimum atomic E-state index is -0.359. The normalized spacial score (nSPS) is 13.7. The van der Waals surface area contributed by atoms with Crippen molar-refractivity contribution in [1.29, 1.82) is 0 Å². The number of hydrogen-bond acceptors (Lipinski definition) is 3. The van der Waals surface area contributed by atoms with Crippen molar-refractivity contribution in [3.05, 3.63) is 58.4 Å². The number of ether oxygens (including phenoxy) is 1. The number of benzene rings is 1. The molecule has 1 heterocycles. The fourth-order valence-corrected chi connectivity index (χ4v) is 3.21. The smallest absolute Gasteiger partial charge is 0.354 e. The predicted octanol–water partition coefficient (Wildman–Crippen LogP) is 3.54. The van der Waals surface area contributed by atoms with E-state index in [2.05, 4.69) is 6.07 Å². The molecule has 0 saturated carbocycles. The van der Waals surface area contributed by atoms with E-state index in [1.165, 1.54) is 0 Å². The average molecular weight is 311 g/mol. The SMILES string of the molecule is CCOC(=O)c1cc2c(n1Cc1cccc(C)c1)C(=O)CCC2. The summed E-state index contributed by atoms with van der Waals surface area (Å²) in [5.74, 6) is -0.239. The third kappa shape index (κ3) is 3.07. The number of carbonyl (C=O) groups is 2. The molecule has 1 aliphatic carbocycles. The van der Waals surface area contributed by atoms with Crippen LogP contribution in [0.2, 0.25) is 0 Å². The third-order valence-electron chi connectivity index (χ3n) is 4.20. The van der Waals surface area contributed by atoms with E-state index in [9.17, 15) is 9.59 Å². The van der Waals surface area contributed by atoms with Crippen molar-refractivity contribution in [2.75, 3.05) is 6.61 Å². The molecule has 0 radical (unpaired) electrons. The number of carbonyl (C=O) groups excluding carboxylic acids is 2. The Hall–Kier alpha value is -2.36. The van der Waals surface area contributed by atoms with E-state index in [1.807, 2.05) is 35.8 Å². The maximum absolute atomic E-state index is 12.4. The van der Waals surface area contributed by atoms with E-state index < -0.39 is 0 Å². The molecular formula is C19H21NO3. The molecule has 120 valence electrons. The molecule has 0 atom stereocenters. The third-order valence-corrected chi connectivity index (χ3v) is 4.20. The molecule has 0 fully saturated rings. The van der Waals surface area contributed by atoms with E-state index in [0.29, 0.717) is 31.0 Å². The van der Waals surface area contributed by atoms with Crippen molar-refractivity contribution >= 4 is 11.8 Å². The van der Waals surface area contributed by atoms with Gasteiger partial charge in [0.1, 0.15) is 5.69 Å². The molecule has 3 rings (SSSR count). The van der Waals surface area contributed by atoms with Crippen molar-refractivity contribution < 1.29 is 14.3 Å². The molecule has 0 unspecified atom stereocenters. The Morgan fingerprint density at radius 3 is 2.83 bits per heavy atom. The van der Waals surface area contributed by atoms with Crippen LogP contribution in [0.3, 0.4) is 0 Å². The van der Waals surface area contributed by atoms with E-state index in [0.717, 1.165) is 29.5 Å². The van der Waals surface area contributed by atoms with Gasteiger partial charge in [-0.25, -0.2) is 4.79 Å². The molecular weight excluding hydrogens is 290 g/mol. The molecule has 1 aromatic carbocycles. The lowest BCUT2D eigenvalue weighted by molar-refractivity contribution is 0.0514. The number of nitrogens with zero attached hydrogens (tertiary/aromatic N) is 1. The van der Waals surface area contributed by atoms with Crippen LogP contribution in [0.1, 0.15) is 57.4 Å². The van der Waals surface area contributed by atoms with Gasteiger partial charge in [0.15, 0.2) is 5.78 Å². The number of esters is 1. The predicted molar refractivity (Wildman–Crippen MR) is 87.9 cm³/mol. The highest BCUT2D eigenvalue weighted by Crippen LogP contribution is 2.27. The summed E-state index contributed by atoms with van der Waals surface area (Å²) in [6, 6.07) is 9.95. The van der Waals surface area contributed by atoms with Gasteiger partial charge in [-0.15, -0.1) is 0 Å². The van der Waals surface area contributed by atoms with Gasteiger partial charge in [-0.05, 0) is 43.9 Å². The van der Waals surface area contributed by atoms with Crippen LogP contribution in [0, 0.1) is 6.92 Å². The second kappa shape index (κ2) is 6.41. The number of hydrogen-bond donors (Lipinski definition) is 0. The van der Waals surface area contributed by atoms with Crippen LogP contribution in [-0.2, 0) is 17.7 Å². The molecule has 23 heavy (non-hydrogen) atoms. The molecule has 2 aromatic rings. The zero-order chi connectivity index (χ0) is 16.4. The Morgan fingerprint density at radius 1 is 1.26 bits per heavy atom. The van der Waals surface area contributed by atoms with Gasteiger partial charge in [0, 0.05) is 13.0 Å². The van der Waals surface area contributed by atoms with Crippen molar-refractivity contribution in [2.24, 2.45) is 0 Å². The van der Waals surface area contributed by atoms with Crippen LogP contribution in [-0.4, -0.2) is 22.9 Å². The Morgan fingerprint density at radius 2 is 2.09 bits per heavy atom. The first-order valence-corrected chi connectivity index (χ1v) is 8.08. The summed E-state index contributed by atoms with van der Waals surface area (Å²) >= 11 is 0. The summed E-state index contributed by atoms with van der Waals surface area (Å²) in [5, 5.41) is 0. The average Bonchev–Trinajstić information content (AvgIpc) is 2.88. The topological polar surface area (TPSA) is 48.3 Å². The van der Waals surface area contributed by atoms with Crippen molar-refractivity contribution in [1.82, 2.24) is 4.57 Å². The molecule has 4 nitrogen and oxygen atoms in total. The van der Waals surface area contributed by atoms with Gasteiger partial charge in [0.2, 0.25) is 0 Å². The van der Waals surface area contributed by atoms with Crippen LogP contribution in [0.15, 0.2) is 30.3 Å². The summed E-state index contributed by atoms with van der Waals surface area (Å²) in [6.45, 7) is 4.66. The number of aryl methyl sites for hydroxylation is 2. The Kier molecular flexibility index (Phi) is 4.33. The lowest BCUT2D eigenvalue weighted by Gasteiger charge is -2.16. The molecule has 4 heteroatoms. The minimum absolute atomic E-state index is 0.120. The van der Waals surface area contributed by atoms with Crippen molar-refractivity contribution in [3.8, 4) is 0 Å². The number of ketones is 1. The highest BCUT2D eigenvalue weighted by atomic mass is 16.5. The molecule has 0 bridgehead atoms. The highest BCUT2D eigenvalue weighted by Gasteiger charge is 2.27. The van der Waals surface area contributed by atoms with Gasteiger partial charge in [-0.1, -0.05) is 29.8 Å². The van der Waals surface area contributed by atoms with Crippen LogP contribution in [0.25, 0.3) is 0 Å². The van der Waals surface area contributed by atoms with Crippen LogP contribution in [0.5, 0.6) is 0 Å². The van der Waals surface area contributed by atoms with Gasteiger partial charge in [0.05, 0.1) is 12.3 Å². The summed E-state index contributed by atoms with van der Waals surface area (Å²) < 4.78 is 7.01. The van der Waals surface area contributed by atoms with Gasteiger partial charge in [0.25, 0.3) is 0 Å².